The molecule has 0 unspecified atom stereocenters. The number of benzene rings is 2. The Labute approximate surface area is 206 Å². The van der Waals surface area contributed by atoms with Gasteiger partial charge in [0.2, 0.25) is 0 Å². The third-order valence-corrected chi connectivity index (χ3v) is 5.09. The summed E-state index contributed by atoms with van der Waals surface area (Å²) in [4.78, 5) is 25.4. The zero-order valence-corrected chi connectivity index (χ0v) is 20.8. The summed E-state index contributed by atoms with van der Waals surface area (Å²) >= 11 is 0. The first-order valence-corrected chi connectivity index (χ1v) is 11.3. The SMILES string of the molecule is COc1cc(/C=C(\C)C(=O)CC(=O)/C(C)=C/c2ccc(OCCN)c(OC)c2)ccc1OCCN. The van der Waals surface area contributed by atoms with E-state index in [-0.39, 0.29) is 18.0 Å². The molecule has 0 amide bonds. The van der Waals surface area contributed by atoms with Crippen LogP contribution in [0.5, 0.6) is 23.0 Å². The second-order valence-electron chi connectivity index (χ2n) is 7.77. The predicted molar refractivity (Wildman–Crippen MR) is 137 cm³/mol. The summed E-state index contributed by atoms with van der Waals surface area (Å²) in [5.74, 6) is 1.71. The van der Waals surface area contributed by atoms with Crippen LogP contribution in [0, 0.1) is 0 Å². The molecule has 0 fully saturated rings. The third kappa shape index (κ3) is 8.27. The van der Waals surface area contributed by atoms with E-state index in [1.807, 2.05) is 12.1 Å². The van der Waals surface area contributed by atoms with Crippen LogP contribution >= 0.6 is 0 Å². The van der Waals surface area contributed by atoms with Gasteiger partial charge in [0, 0.05) is 13.1 Å². The average molecular weight is 483 g/mol. The van der Waals surface area contributed by atoms with E-state index in [0.717, 1.165) is 11.1 Å². The van der Waals surface area contributed by atoms with Crippen LogP contribution in [0.1, 0.15) is 31.4 Å². The van der Waals surface area contributed by atoms with Gasteiger partial charge in [0.15, 0.2) is 34.6 Å². The average Bonchev–Trinajstić information content (AvgIpc) is 2.86. The number of hydrogen-bond acceptors (Lipinski definition) is 8. The van der Waals surface area contributed by atoms with Gasteiger partial charge in [-0.15, -0.1) is 0 Å². The molecule has 0 radical (unpaired) electrons. The van der Waals surface area contributed by atoms with Crippen LogP contribution in [0.25, 0.3) is 12.2 Å². The van der Waals surface area contributed by atoms with Crippen molar-refractivity contribution in [2.75, 3.05) is 40.5 Å². The second kappa shape index (κ2) is 13.9. The number of carbonyl (C=O) groups excluding carboxylic acids is 2. The van der Waals surface area contributed by atoms with Crippen molar-refractivity contribution in [1.82, 2.24) is 0 Å². The van der Waals surface area contributed by atoms with Crippen molar-refractivity contribution in [2.45, 2.75) is 20.3 Å². The quantitative estimate of drug-likeness (QED) is 0.310. The molecule has 0 atom stereocenters. The zero-order chi connectivity index (χ0) is 25.8. The van der Waals surface area contributed by atoms with Crippen LogP contribution in [0.3, 0.4) is 0 Å². The Morgan fingerprint density at radius 3 is 1.46 bits per heavy atom. The van der Waals surface area contributed by atoms with E-state index in [9.17, 15) is 9.59 Å². The summed E-state index contributed by atoms with van der Waals surface area (Å²) in [5.41, 5.74) is 13.4. The van der Waals surface area contributed by atoms with Crippen molar-refractivity contribution in [3.8, 4) is 23.0 Å². The Morgan fingerprint density at radius 2 is 1.11 bits per heavy atom. The van der Waals surface area contributed by atoms with E-state index in [4.69, 9.17) is 30.4 Å². The van der Waals surface area contributed by atoms with Crippen molar-refractivity contribution in [1.29, 1.82) is 0 Å². The number of ether oxygens (including phenoxy) is 4. The highest BCUT2D eigenvalue weighted by atomic mass is 16.5. The first-order valence-electron chi connectivity index (χ1n) is 11.3. The van der Waals surface area contributed by atoms with Gasteiger partial charge in [-0.2, -0.15) is 0 Å². The number of nitrogens with two attached hydrogens (primary N) is 2. The standard InChI is InChI=1S/C27H34N2O6/c1-18(13-20-5-7-24(34-11-9-28)26(15-20)32-3)22(30)17-23(31)19(2)14-21-6-8-25(35-12-10-29)27(16-21)33-4/h5-8,13-16H,9-12,17,28-29H2,1-4H3/b18-13+,19-14+. The normalized spacial score (nSPS) is 11.7. The Morgan fingerprint density at radius 1 is 0.714 bits per heavy atom. The molecular formula is C27H34N2O6. The number of allylic oxidation sites excluding steroid dienone is 2. The lowest BCUT2D eigenvalue weighted by Crippen LogP contribution is -2.11. The minimum Gasteiger partial charge on any atom is -0.493 e. The van der Waals surface area contributed by atoms with Crippen LogP contribution in [-0.2, 0) is 9.59 Å². The molecule has 4 N–H and O–H groups in total. The minimum atomic E-state index is -0.256. The predicted octanol–water partition coefficient (Wildman–Crippen LogP) is 3.41. The Balaban J connectivity index is 2.10. The number of methoxy groups -OCH3 is 2. The highest BCUT2D eigenvalue weighted by Crippen LogP contribution is 2.30. The van der Waals surface area contributed by atoms with Crippen molar-refractivity contribution in [3.05, 3.63) is 58.7 Å². The smallest absolute Gasteiger partial charge is 0.166 e. The maximum Gasteiger partial charge on any atom is 0.166 e. The van der Waals surface area contributed by atoms with E-state index in [1.54, 1.807) is 64.5 Å². The fraction of sp³-hybridized carbons (Fsp3) is 0.333. The van der Waals surface area contributed by atoms with Crippen molar-refractivity contribution in [2.24, 2.45) is 11.5 Å². The maximum absolute atomic E-state index is 12.7. The van der Waals surface area contributed by atoms with Gasteiger partial charge < -0.3 is 30.4 Å². The molecule has 8 nitrogen and oxygen atoms in total. The zero-order valence-electron chi connectivity index (χ0n) is 20.8. The van der Waals surface area contributed by atoms with Gasteiger partial charge in [-0.1, -0.05) is 12.1 Å². The monoisotopic (exact) mass is 482 g/mol. The number of ketones is 2. The molecule has 0 aliphatic heterocycles. The van der Waals surface area contributed by atoms with Crippen LogP contribution in [0.15, 0.2) is 47.5 Å². The first-order chi connectivity index (χ1) is 16.8. The van der Waals surface area contributed by atoms with Gasteiger partial charge in [0.25, 0.3) is 0 Å². The number of rotatable bonds is 14. The molecule has 188 valence electrons. The maximum atomic E-state index is 12.7. The lowest BCUT2D eigenvalue weighted by atomic mass is 10.00. The molecular weight excluding hydrogens is 448 g/mol. The minimum absolute atomic E-state index is 0.228. The fourth-order valence-electron chi connectivity index (χ4n) is 3.21. The van der Waals surface area contributed by atoms with Crippen LogP contribution in [0.4, 0.5) is 0 Å². The summed E-state index contributed by atoms with van der Waals surface area (Å²) in [6, 6.07) is 10.7. The van der Waals surface area contributed by atoms with Crippen molar-refractivity contribution >= 4 is 23.7 Å². The van der Waals surface area contributed by atoms with Gasteiger partial charge in [0.05, 0.1) is 20.6 Å². The molecule has 0 aliphatic carbocycles. The van der Waals surface area contributed by atoms with Crippen molar-refractivity contribution < 1.29 is 28.5 Å². The Bertz CT molecular complexity index is 1010. The summed E-state index contributed by atoms with van der Waals surface area (Å²) in [6.07, 6.45) is 3.21. The van der Waals surface area contributed by atoms with Crippen molar-refractivity contribution in [3.63, 3.8) is 0 Å². The molecule has 0 spiro atoms. The lowest BCUT2D eigenvalue weighted by molar-refractivity contribution is -0.122. The highest BCUT2D eigenvalue weighted by molar-refractivity contribution is 6.15. The third-order valence-electron chi connectivity index (χ3n) is 5.09. The molecule has 0 aromatic heterocycles. The first kappa shape index (κ1) is 27.6. The highest BCUT2D eigenvalue weighted by Gasteiger charge is 2.14. The number of carbonyl (C=O) groups is 2. The van der Waals surface area contributed by atoms with Crippen LogP contribution < -0.4 is 30.4 Å². The molecule has 0 bridgehead atoms. The topological polar surface area (TPSA) is 123 Å². The van der Waals surface area contributed by atoms with Gasteiger partial charge in [0.1, 0.15) is 13.2 Å². The lowest BCUT2D eigenvalue weighted by Gasteiger charge is -2.11. The molecule has 8 heteroatoms. The van der Waals surface area contributed by atoms with Gasteiger partial charge in [-0.3, -0.25) is 9.59 Å². The molecule has 0 aliphatic rings. The number of hydrogen-bond donors (Lipinski definition) is 2. The van der Waals surface area contributed by atoms with Gasteiger partial charge in [-0.05, 0) is 72.5 Å². The summed E-state index contributed by atoms with van der Waals surface area (Å²) in [7, 11) is 3.08. The fourth-order valence-corrected chi connectivity index (χ4v) is 3.21. The number of Topliss-reactive ketones (excluding diaryl/α,β-unsaturated/α-hetero) is 2. The largest absolute Gasteiger partial charge is 0.493 e. The molecule has 2 aromatic carbocycles. The van der Waals surface area contributed by atoms with E-state index in [1.165, 1.54) is 0 Å². The summed E-state index contributed by atoms with van der Waals surface area (Å²) in [6.45, 7) is 4.90. The van der Waals surface area contributed by atoms with Gasteiger partial charge >= 0.3 is 0 Å². The second-order valence-corrected chi connectivity index (χ2v) is 7.77. The van der Waals surface area contributed by atoms with E-state index in [0.29, 0.717) is 60.4 Å². The van der Waals surface area contributed by atoms with Gasteiger partial charge in [-0.25, -0.2) is 0 Å². The van der Waals surface area contributed by atoms with Crippen LogP contribution in [0.2, 0.25) is 0 Å². The molecule has 35 heavy (non-hydrogen) atoms. The molecule has 2 rings (SSSR count). The molecule has 0 saturated heterocycles. The molecule has 0 heterocycles. The molecule has 0 saturated carbocycles. The van der Waals surface area contributed by atoms with E-state index < -0.39 is 0 Å². The van der Waals surface area contributed by atoms with E-state index >= 15 is 0 Å². The van der Waals surface area contributed by atoms with Crippen LogP contribution in [-0.4, -0.2) is 52.1 Å². The Kier molecular flexibility index (Phi) is 11.0. The van der Waals surface area contributed by atoms with E-state index in [2.05, 4.69) is 0 Å². The Hall–Kier alpha value is -3.62. The summed E-state index contributed by atoms with van der Waals surface area (Å²) < 4.78 is 21.8. The molecule has 2 aromatic rings. The summed E-state index contributed by atoms with van der Waals surface area (Å²) in [5, 5.41) is 0.